The monoisotopic (exact) mass is 303 g/mol. The van der Waals surface area contributed by atoms with Gasteiger partial charge in [-0.1, -0.05) is 23.7 Å². The van der Waals surface area contributed by atoms with Crippen LogP contribution in [0.1, 0.15) is 40.6 Å². The third-order valence-corrected chi connectivity index (χ3v) is 4.25. The van der Waals surface area contributed by atoms with Crippen molar-refractivity contribution in [2.24, 2.45) is 0 Å². The van der Waals surface area contributed by atoms with Crippen LogP contribution in [0, 0.1) is 6.92 Å². The van der Waals surface area contributed by atoms with E-state index in [1.54, 1.807) is 12.1 Å². The van der Waals surface area contributed by atoms with Crippen molar-refractivity contribution in [1.82, 2.24) is 14.9 Å². The summed E-state index contributed by atoms with van der Waals surface area (Å²) >= 11 is 6.13. The lowest BCUT2D eigenvalue weighted by Gasteiger charge is -2.32. The van der Waals surface area contributed by atoms with Gasteiger partial charge in [-0.05, 0) is 31.9 Å². The molecule has 1 atom stereocenters. The van der Waals surface area contributed by atoms with Crippen LogP contribution in [0.3, 0.4) is 0 Å². The average molecular weight is 304 g/mol. The average Bonchev–Trinajstić information content (AvgIpc) is 2.94. The topological polar surface area (TPSA) is 49.0 Å². The molecule has 0 spiro atoms. The molecule has 21 heavy (non-hydrogen) atoms. The van der Waals surface area contributed by atoms with Crippen molar-refractivity contribution >= 4 is 17.5 Å². The number of carbonyl (C=O) groups is 1. The van der Waals surface area contributed by atoms with Crippen molar-refractivity contribution < 1.29 is 4.79 Å². The Morgan fingerprint density at radius 1 is 1.43 bits per heavy atom. The minimum atomic E-state index is 0.00794. The van der Waals surface area contributed by atoms with Crippen LogP contribution in [0.25, 0.3) is 0 Å². The normalized spacial score (nSPS) is 18.8. The highest BCUT2D eigenvalue weighted by Gasteiger charge is 2.27. The Labute approximate surface area is 129 Å². The van der Waals surface area contributed by atoms with E-state index in [0.717, 1.165) is 30.9 Å². The molecule has 1 aliphatic rings. The summed E-state index contributed by atoms with van der Waals surface area (Å²) in [4.78, 5) is 22.2. The Bertz CT molecular complexity index is 652. The summed E-state index contributed by atoms with van der Waals surface area (Å²) in [6.45, 7) is 3.46. The summed E-state index contributed by atoms with van der Waals surface area (Å²) in [5.41, 5.74) is 1.63. The molecule has 4 nitrogen and oxygen atoms in total. The van der Waals surface area contributed by atoms with Gasteiger partial charge < -0.3 is 9.88 Å². The fourth-order valence-electron chi connectivity index (χ4n) is 2.83. The van der Waals surface area contributed by atoms with Crippen molar-refractivity contribution in [2.75, 3.05) is 13.1 Å². The van der Waals surface area contributed by atoms with Gasteiger partial charge in [-0.25, -0.2) is 4.98 Å². The fraction of sp³-hybridized carbons (Fsp3) is 0.375. The molecule has 0 aliphatic carbocycles. The van der Waals surface area contributed by atoms with Crippen LogP contribution < -0.4 is 0 Å². The van der Waals surface area contributed by atoms with E-state index in [4.69, 9.17) is 11.6 Å². The van der Waals surface area contributed by atoms with Crippen LogP contribution in [0.4, 0.5) is 0 Å². The molecule has 0 saturated carbocycles. The highest BCUT2D eigenvalue weighted by atomic mass is 35.5. The van der Waals surface area contributed by atoms with Crippen LogP contribution in [0.5, 0.6) is 0 Å². The molecule has 0 bridgehead atoms. The van der Waals surface area contributed by atoms with Crippen molar-refractivity contribution in [3.63, 3.8) is 0 Å². The molecule has 3 rings (SSSR count). The maximum absolute atomic E-state index is 12.6. The zero-order chi connectivity index (χ0) is 14.8. The predicted molar refractivity (Wildman–Crippen MR) is 82.7 cm³/mol. The number of H-pyrrole nitrogens is 1. The summed E-state index contributed by atoms with van der Waals surface area (Å²) in [6.07, 6.45) is 3.88. The summed E-state index contributed by atoms with van der Waals surface area (Å²) < 4.78 is 0. The first kappa shape index (κ1) is 14.1. The molecular weight excluding hydrogens is 286 g/mol. The van der Waals surface area contributed by atoms with E-state index in [2.05, 4.69) is 9.97 Å². The van der Waals surface area contributed by atoms with Crippen LogP contribution in [0.2, 0.25) is 5.02 Å². The van der Waals surface area contributed by atoms with Gasteiger partial charge in [-0.15, -0.1) is 0 Å². The lowest BCUT2D eigenvalue weighted by molar-refractivity contribution is 0.0705. The number of benzene rings is 1. The summed E-state index contributed by atoms with van der Waals surface area (Å²) in [5, 5.41) is 0.512. The van der Waals surface area contributed by atoms with E-state index in [-0.39, 0.29) is 11.8 Å². The van der Waals surface area contributed by atoms with Gasteiger partial charge in [-0.3, -0.25) is 4.79 Å². The maximum atomic E-state index is 12.6. The van der Waals surface area contributed by atoms with Gasteiger partial charge in [0.15, 0.2) is 0 Å². The zero-order valence-corrected chi connectivity index (χ0v) is 12.7. The van der Waals surface area contributed by atoms with Crippen LogP contribution in [0.15, 0.2) is 30.5 Å². The minimum absolute atomic E-state index is 0.00794. The number of aromatic amines is 1. The fourth-order valence-corrected chi connectivity index (χ4v) is 3.05. The van der Waals surface area contributed by atoms with Crippen molar-refractivity contribution in [3.8, 4) is 0 Å². The number of aromatic nitrogens is 2. The maximum Gasteiger partial charge on any atom is 0.255 e. The largest absolute Gasteiger partial charge is 0.346 e. The molecule has 0 unspecified atom stereocenters. The molecule has 0 radical (unpaired) electrons. The Morgan fingerprint density at radius 2 is 2.24 bits per heavy atom. The van der Waals surface area contributed by atoms with Gasteiger partial charge in [0, 0.05) is 30.9 Å². The van der Waals surface area contributed by atoms with E-state index >= 15 is 0 Å². The number of hydrogen-bond donors (Lipinski definition) is 1. The number of amides is 1. The van der Waals surface area contributed by atoms with Gasteiger partial charge in [0.1, 0.15) is 5.82 Å². The zero-order valence-electron chi connectivity index (χ0n) is 12.0. The molecule has 2 aromatic rings. The lowest BCUT2D eigenvalue weighted by Crippen LogP contribution is -2.39. The summed E-state index contributed by atoms with van der Waals surface area (Å²) in [7, 11) is 0. The first-order chi connectivity index (χ1) is 10.1. The van der Waals surface area contributed by atoms with Crippen molar-refractivity contribution in [3.05, 3.63) is 52.6 Å². The molecule has 1 N–H and O–H groups in total. The SMILES string of the molecule is Cc1cnc([C@@H]2CCCN(C(=O)c3ccccc3Cl)C2)[nH]1. The van der Waals surface area contributed by atoms with Crippen LogP contribution in [-0.4, -0.2) is 33.9 Å². The third kappa shape index (κ3) is 2.95. The number of nitrogens with one attached hydrogen (secondary N) is 1. The molecule has 1 aromatic heterocycles. The number of halogens is 1. The third-order valence-electron chi connectivity index (χ3n) is 3.92. The predicted octanol–water partition coefficient (Wildman–Crippen LogP) is 3.39. The number of piperidine rings is 1. The standard InChI is InChI=1S/C16H18ClN3O/c1-11-9-18-15(19-11)12-5-4-8-20(10-12)16(21)13-6-2-3-7-14(13)17/h2-3,6-7,9,12H,4-5,8,10H2,1H3,(H,18,19)/t12-/m1/s1. The lowest BCUT2D eigenvalue weighted by atomic mass is 9.96. The highest BCUT2D eigenvalue weighted by Crippen LogP contribution is 2.27. The first-order valence-corrected chi connectivity index (χ1v) is 7.58. The number of hydrogen-bond acceptors (Lipinski definition) is 2. The van der Waals surface area contributed by atoms with Gasteiger partial charge in [0.05, 0.1) is 10.6 Å². The van der Waals surface area contributed by atoms with E-state index in [1.807, 2.05) is 30.2 Å². The molecule has 2 heterocycles. The van der Waals surface area contributed by atoms with Gasteiger partial charge in [0.25, 0.3) is 5.91 Å². The quantitative estimate of drug-likeness (QED) is 0.924. The summed E-state index contributed by atoms with van der Waals surface area (Å²) in [5.74, 6) is 1.26. The number of likely N-dealkylation sites (tertiary alicyclic amines) is 1. The number of aryl methyl sites for hydroxylation is 1. The number of imidazole rings is 1. The van der Waals surface area contributed by atoms with Crippen molar-refractivity contribution in [1.29, 1.82) is 0 Å². The summed E-state index contributed by atoms with van der Waals surface area (Å²) in [6, 6.07) is 7.22. The first-order valence-electron chi connectivity index (χ1n) is 7.20. The van der Waals surface area contributed by atoms with Gasteiger partial charge in [-0.2, -0.15) is 0 Å². The molecule has 110 valence electrons. The highest BCUT2D eigenvalue weighted by molar-refractivity contribution is 6.33. The van der Waals surface area contributed by atoms with E-state index in [1.165, 1.54) is 0 Å². The van der Waals surface area contributed by atoms with Crippen molar-refractivity contribution in [2.45, 2.75) is 25.7 Å². The Morgan fingerprint density at radius 3 is 2.95 bits per heavy atom. The molecule has 1 saturated heterocycles. The number of carbonyl (C=O) groups excluding carboxylic acids is 1. The van der Waals surface area contributed by atoms with E-state index in [0.29, 0.717) is 17.1 Å². The second-order valence-corrected chi connectivity index (χ2v) is 5.93. The second kappa shape index (κ2) is 5.90. The molecule has 1 aromatic carbocycles. The molecular formula is C16H18ClN3O. The Kier molecular flexibility index (Phi) is 3.97. The molecule has 1 amide bonds. The van der Waals surface area contributed by atoms with Gasteiger partial charge in [0.2, 0.25) is 0 Å². The van der Waals surface area contributed by atoms with Gasteiger partial charge >= 0.3 is 0 Å². The Balaban J connectivity index is 1.77. The Hall–Kier alpha value is -1.81. The number of nitrogens with zero attached hydrogens (tertiary/aromatic N) is 2. The van der Waals surface area contributed by atoms with Crippen LogP contribution >= 0.6 is 11.6 Å². The minimum Gasteiger partial charge on any atom is -0.346 e. The van der Waals surface area contributed by atoms with E-state index in [9.17, 15) is 4.79 Å². The molecule has 1 fully saturated rings. The van der Waals surface area contributed by atoms with Crippen LogP contribution in [-0.2, 0) is 0 Å². The second-order valence-electron chi connectivity index (χ2n) is 5.52. The number of rotatable bonds is 2. The molecule has 5 heteroatoms. The molecule has 1 aliphatic heterocycles. The van der Waals surface area contributed by atoms with E-state index < -0.39 is 0 Å². The smallest absolute Gasteiger partial charge is 0.255 e.